The molecule has 0 radical (unpaired) electrons. The number of halogens is 1. The van der Waals surface area contributed by atoms with Crippen molar-refractivity contribution in [1.29, 1.82) is 0 Å². The van der Waals surface area contributed by atoms with Crippen LogP contribution in [0.4, 0.5) is 0 Å². The van der Waals surface area contributed by atoms with Crippen molar-refractivity contribution in [3.8, 4) is 0 Å². The molecule has 4 nitrogen and oxygen atoms in total. The highest BCUT2D eigenvalue weighted by atomic mass is 35.5. The van der Waals surface area contributed by atoms with Crippen LogP contribution >= 0.6 is 12.4 Å². The second kappa shape index (κ2) is 8.28. The van der Waals surface area contributed by atoms with Gasteiger partial charge in [0, 0.05) is 23.7 Å². The first-order valence-electron chi connectivity index (χ1n) is 8.31. The highest BCUT2D eigenvalue weighted by Crippen LogP contribution is 2.26. The quantitative estimate of drug-likeness (QED) is 0.854. The molecule has 1 heterocycles. The Bertz CT molecular complexity index is 748. The molecule has 1 amide bonds. The first-order chi connectivity index (χ1) is 11.6. The smallest absolute Gasteiger partial charge is 0.254 e. The summed E-state index contributed by atoms with van der Waals surface area (Å²) >= 11 is 0. The second-order valence-electron chi connectivity index (χ2n) is 6.38. The van der Waals surface area contributed by atoms with Crippen LogP contribution in [0.5, 0.6) is 0 Å². The van der Waals surface area contributed by atoms with E-state index in [0.717, 1.165) is 6.42 Å². The number of rotatable bonds is 4. The van der Waals surface area contributed by atoms with E-state index in [1.54, 1.807) is 36.4 Å². The Labute approximate surface area is 154 Å². The molecule has 2 N–H and O–H groups in total. The lowest BCUT2D eigenvalue weighted by Gasteiger charge is -2.22. The minimum Gasteiger partial charge on any atom is -0.336 e. The van der Waals surface area contributed by atoms with Crippen molar-refractivity contribution in [1.82, 2.24) is 4.90 Å². The van der Waals surface area contributed by atoms with Crippen molar-refractivity contribution in [2.24, 2.45) is 11.7 Å². The number of likely N-dealkylation sites (tertiary alicyclic amines) is 1. The van der Waals surface area contributed by atoms with Gasteiger partial charge in [-0.25, -0.2) is 0 Å². The van der Waals surface area contributed by atoms with Gasteiger partial charge >= 0.3 is 0 Å². The van der Waals surface area contributed by atoms with Crippen LogP contribution in [0.3, 0.4) is 0 Å². The molecular weight excluding hydrogens is 336 g/mol. The number of carbonyl (C=O) groups is 2. The van der Waals surface area contributed by atoms with E-state index in [4.69, 9.17) is 5.73 Å². The number of ketones is 1. The minimum absolute atomic E-state index is 0. The Balaban J connectivity index is 0.00000225. The van der Waals surface area contributed by atoms with E-state index >= 15 is 0 Å². The topological polar surface area (TPSA) is 63.4 Å². The molecule has 2 unspecified atom stereocenters. The van der Waals surface area contributed by atoms with Gasteiger partial charge in [0.1, 0.15) is 0 Å². The standard InChI is InChI=1S/C20H22N2O2.ClH/c1-14-11-15(12-21)13-22(14)20(24)18-10-6-5-9-17(18)19(23)16-7-3-2-4-8-16;/h2-10,14-15H,11-13,21H2,1H3;1H. The summed E-state index contributed by atoms with van der Waals surface area (Å²) in [6.45, 7) is 3.28. The van der Waals surface area contributed by atoms with E-state index in [0.29, 0.717) is 35.7 Å². The monoisotopic (exact) mass is 358 g/mol. The van der Waals surface area contributed by atoms with E-state index in [-0.39, 0.29) is 30.1 Å². The van der Waals surface area contributed by atoms with Crippen molar-refractivity contribution in [3.63, 3.8) is 0 Å². The maximum atomic E-state index is 13.0. The van der Waals surface area contributed by atoms with Crippen molar-refractivity contribution in [2.75, 3.05) is 13.1 Å². The van der Waals surface area contributed by atoms with Crippen LogP contribution in [0, 0.1) is 5.92 Å². The van der Waals surface area contributed by atoms with E-state index < -0.39 is 0 Å². The van der Waals surface area contributed by atoms with Gasteiger partial charge in [0.15, 0.2) is 5.78 Å². The van der Waals surface area contributed by atoms with Crippen LogP contribution in [0.2, 0.25) is 0 Å². The molecule has 1 saturated heterocycles. The van der Waals surface area contributed by atoms with Crippen molar-refractivity contribution in [3.05, 3.63) is 71.3 Å². The zero-order valence-electron chi connectivity index (χ0n) is 14.2. The number of benzene rings is 2. The number of nitrogens with two attached hydrogens (primary N) is 1. The molecule has 0 spiro atoms. The summed E-state index contributed by atoms with van der Waals surface area (Å²) in [5.41, 5.74) is 7.27. The van der Waals surface area contributed by atoms with E-state index in [9.17, 15) is 9.59 Å². The van der Waals surface area contributed by atoms with Gasteiger partial charge in [0.2, 0.25) is 0 Å². The Morgan fingerprint density at radius 1 is 1.04 bits per heavy atom. The Morgan fingerprint density at radius 3 is 2.24 bits per heavy atom. The number of hydrogen-bond donors (Lipinski definition) is 1. The highest BCUT2D eigenvalue weighted by molar-refractivity contribution is 6.15. The third-order valence-corrected chi connectivity index (χ3v) is 4.69. The maximum absolute atomic E-state index is 13.0. The predicted molar refractivity (Wildman–Crippen MR) is 101 cm³/mol. The third kappa shape index (κ3) is 3.91. The number of carbonyl (C=O) groups excluding carboxylic acids is 2. The van der Waals surface area contributed by atoms with Gasteiger partial charge in [0.05, 0.1) is 5.56 Å². The summed E-state index contributed by atoms with van der Waals surface area (Å²) < 4.78 is 0. The van der Waals surface area contributed by atoms with Crippen molar-refractivity contribution >= 4 is 24.1 Å². The van der Waals surface area contributed by atoms with Gasteiger partial charge in [0.25, 0.3) is 5.91 Å². The van der Waals surface area contributed by atoms with Crippen LogP contribution < -0.4 is 5.73 Å². The van der Waals surface area contributed by atoms with Crippen LogP contribution in [-0.4, -0.2) is 35.7 Å². The van der Waals surface area contributed by atoms with E-state index in [1.807, 2.05) is 30.0 Å². The Kier molecular flexibility index (Phi) is 6.34. The van der Waals surface area contributed by atoms with E-state index in [1.165, 1.54) is 0 Å². The summed E-state index contributed by atoms with van der Waals surface area (Å²) in [5, 5.41) is 0. The zero-order chi connectivity index (χ0) is 17.1. The molecular formula is C20H23ClN2O2. The summed E-state index contributed by atoms with van der Waals surface area (Å²) in [6.07, 6.45) is 0.914. The highest BCUT2D eigenvalue weighted by Gasteiger charge is 2.33. The van der Waals surface area contributed by atoms with Gasteiger partial charge < -0.3 is 10.6 Å². The van der Waals surface area contributed by atoms with E-state index in [2.05, 4.69) is 0 Å². The first-order valence-corrected chi connectivity index (χ1v) is 8.31. The Morgan fingerprint density at radius 2 is 1.64 bits per heavy atom. The van der Waals surface area contributed by atoms with Crippen molar-refractivity contribution in [2.45, 2.75) is 19.4 Å². The van der Waals surface area contributed by atoms with Crippen LogP contribution in [0.1, 0.15) is 39.6 Å². The molecule has 2 aromatic rings. The zero-order valence-corrected chi connectivity index (χ0v) is 15.0. The van der Waals surface area contributed by atoms with Gasteiger partial charge in [-0.3, -0.25) is 9.59 Å². The van der Waals surface area contributed by atoms with Gasteiger partial charge in [-0.05, 0) is 31.9 Å². The molecule has 25 heavy (non-hydrogen) atoms. The fraction of sp³-hybridized carbons (Fsp3) is 0.300. The van der Waals surface area contributed by atoms with Gasteiger partial charge in [-0.15, -0.1) is 12.4 Å². The van der Waals surface area contributed by atoms with Crippen LogP contribution in [-0.2, 0) is 0 Å². The molecule has 0 aromatic heterocycles. The maximum Gasteiger partial charge on any atom is 0.254 e. The SMILES string of the molecule is CC1CC(CN)CN1C(=O)c1ccccc1C(=O)c1ccccc1.Cl. The van der Waals surface area contributed by atoms with Gasteiger partial charge in [-0.2, -0.15) is 0 Å². The molecule has 2 atom stereocenters. The number of hydrogen-bond acceptors (Lipinski definition) is 3. The molecule has 132 valence electrons. The lowest BCUT2D eigenvalue weighted by molar-refractivity contribution is 0.0739. The summed E-state index contributed by atoms with van der Waals surface area (Å²) in [5.74, 6) is 0.126. The number of nitrogens with zero attached hydrogens (tertiary/aromatic N) is 1. The summed E-state index contributed by atoms with van der Waals surface area (Å²) in [6, 6.07) is 16.3. The lowest BCUT2D eigenvalue weighted by Crippen LogP contribution is -2.35. The first kappa shape index (κ1) is 19.2. The second-order valence-corrected chi connectivity index (χ2v) is 6.38. The molecule has 2 aromatic carbocycles. The Hall–Kier alpha value is -2.17. The molecule has 0 aliphatic carbocycles. The molecule has 1 fully saturated rings. The predicted octanol–water partition coefficient (Wildman–Crippen LogP) is 3.15. The average Bonchev–Trinajstić information content (AvgIpc) is 3.02. The normalized spacial score (nSPS) is 19.4. The van der Waals surface area contributed by atoms with Gasteiger partial charge in [-0.1, -0.05) is 48.5 Å². The largest absolute Gasteiger partial charge is 0.336 e. The summed E-state index contributed by atoms with van der Waals surface area (Å²) in [4.78, 5) is 27.6. The summed E-state index contributed by atoms with van der Waals surface area (Å²) in [7, 11) is 0. The molecule has 0 bridgehead atoms. The molecule has 3 rings (SSSR count). The fourth-order valence-electron chi connectivity index (χ4n) is 3.36. The lowest BCUT2D eigenvalue weighted by atomic mass is 9.97. The third-order valence-electron chi connectivity index (χ3n) is 4.69. The molecule has 1 aliphatic rings. The molecule has 0 saturated carbocycles. The fourth-order valence-corrected chi connectivity index (χ4v) is 3.36. The van der Waals surface area contributed by atoms with Crippen LogP contribution in [0.25, 0.3) is 0 Å². The van der Waals surface area contributed by atoms with Crippen molar-refractivity contribution < 1.29 is 9.59 Å². The molecule has 5 heteroatoms. The number of amides is 1. The van der Waals surface area contributed by atoms with Crippen LogP contribution in [0.15, 0.2) is 54.6 Å². The average molecular weight is 359 g/mol. The minimum atomic E-state index is -0.123. The molecule has 1 aliphatic heterocycles.